The first-order valence-corrected chi connectivity index (χ1v) is 9.32. The predicted molar refractivity (Wildman–Crippen MR) is 97.2 cm³/mol. The first-order chi connectivity index (χ1) is 11.6. The molecule has 0 spiro atoms. The number of benzene rings is 1. The molecule has 1 aromatic heterocycles. The van der Waals surface area contributed by atoms with Crippen LogP contribution in [-0.2, 0) is 9.59 Å². The van der Waals surface area contributed by atoms with Gasteiger partial charge in [0.1, 0.15) is 0 Å². The Morgan fingerprint density at radius 3 is 2.67 bits per heavy atom. The Kier molecular flexibility index (Phi) is 5.14. The van der Waals surface area contributed by atoms with Crippen LogP contribution in [0.25, 0.3) is 10.2 Å². The van der Waals surface area contributed by atoms with E-state index in [1.165, 1.54) is 11.3 Å². The van der Waals surface area contributed by atoms with E-state index in [2.05, 4.69) is 4.98 Å². The van der Waals surface area contributed by atoms with Gasteiger partial charge in [-0.1, -0.05) is 30.4 Å². The van der Waals surface area contributed by atoms with Gasteiger partial charge >= 0.3 is 0 Å². The Morgan fingerprint density at radius 2 is 2.00 bits per heavy atom. The predicted octanol–water partition coefficient (Wildman–Crippen LogP) is 3.30. The van der Waals surface area contributed by atoms with Crippen LogP contribution in [0.15, 0.2) is 24.3 Å². The van der Waals surface area contributed by atoms with Crippen molar-refractivity contribution in [2.24, 2.45) is 5.92 Å². The van der Waals surface area contributed by atoms with Crippen molar-refractivity contribution in [3.05, 3.63) is 24.3 Å². The second kappa shape index (κ2) is 7.30. The Labute approximate surface area is 146 Å². The fraction of sp³-hybridized carbons (Fsp3) is 0.500. The van der Waals surface area contributed by atoms with Crippen LogP contribution in [0, 0.1) is 5.92 Å². The van der Waals surface area contributed by atoms with Crippen LogP contribution in [0.2, 0.25) is 0 Å². The third-order valence-corrected chi connectivity index (χ3v) is 5.67. The molecule has 24 heavy (non-hydrogen) atoms. The van der Waals surface area contributed by atoms with Crippen molar-refractivity contribution in [3.63, 3.8) is 0 Å². The topological polar surface area (TPSA) is 53.5 Å². The summed E-state index contributed by atoms with van der Waals surface area (Å²) in [6.45, 7) is 3.38. The van der Waals surface area contributed by atoms with Gasteiger partial charge in [-0.3, -0.25) is 14.5 Å². The van der Waals surface area contributed by atoms with Crippen molar-refractivity contribution in [2.75, 3.05) is 25.0 Å². The second-order valence-corrected chi connectivity index (χ2v) is 7.28. The number of para-hydroxylation sites is 1. The van der Waals surface area contributed by atoms with Crippen molar-refractivity contribution in [1.82, 2.24) is 9.88 Å². The molecule has 0 saturated carbocycles. The van der Waals surface area contributed by atoms with Crippen LogP contribution < -0.4 is 4.90 Å². The maximum absolute atomic E-state index is 12.8. The molecule has 2 aromatic rings. The van der Waals surface area contributed by atoms with Gasteiger partial charge in [-0.05, 0) is 31.4 Å². The van der Waals surface area contributed by atoms with Gasteiger partial charge in [-0.2, -0.15) is 0 Å². The lowest BCUT2D eigenvalue weighted by atomic mass is 9.95. The monoisotopic (exact) mass is 345 g/mol. The number of hydrogen-bond donors (Lipinski definition) is 0. The Bertz CT molecular complexity index is 702. The third-order valence-electron chi connectivity index (χ3n) is 4.56. The van der Waals surface area contributed by atoms with Crippen LogP contribution in [-0.4, -0.2) is 41.8 Å². The molecule has 1 saturated heterocycles. The highest BCUT2D eigenvalue weighted by molar-refractivity contribution is 7.22. The number of piperidine rings is 1. The fourth-order valence-corrected chi connectivity index (χ4v) is 4.05. The molecule has 0 aliphatic carbocycles. The molecular weight excluding hydrogens is 322 g/mol. The van der Waals surface area contributed by atoms with Gasteiger partial charge in [0, 0.05) is 32.5 Å². The van der Waals surface area contributed by atoms with E-state index in [0.717, 1.165) is 34.6 Å². The number of hydrogen-bond acceptors (Lipinski definition) is 4. The fourth-order valence-electron chi connectivity index (χ4n) is 3.12. The van der Waals surface area contributed by atoms with E-state index in [4.69, 9.17) is 0 Å². The Balaban J connectivity index is 1.63. The summed E-state index contributed by atoms with van der Waals surface area (Å²) in [5.41, 5.74) is 0.928. The standard InChI is InChI=1S/C18H23N3O2S/c1-3-6-16(22)21-11-9-13(10-12-21)17(23)20(2)18-19-14-7-4-5-8-15(14)24-18/h4-5,7-8,13H,3,6,9-12H2,1-2H3. The van der Waals surface area contributed by atoms with Crippen molar-refractivity contribution in [3.8, 4) is 0 Å². The molecule has 1 aliphatic heterocycles. The van der Waals surface area contributed by atoms with E-state index >= 15 is 0 Å². The van der Waals surface area contributed by atoms with Gasteiger partial charge in [-0.15, -0.1) is 0 Å². The molecule has 1 aliphatic rings. The molecule has 0 N–H and O–H groups in total. The van der Waals surface area contributed by atoms with Gasteiger partial charge in [0.15, 0.2) is 5.13 Å². The summed E-state index contributed by atoms with van der Waals surface area (Å²) >= 11 is 1.54. The highest BCUT2D eigenvalue weighted by Gasteiger charge is 2.30. The number of anilines is 1. The first-order valence-electron chi connectivity index (χ1n) is 8.51. The molecule has 2 amide bonds. The highest BCUT2D eigenvalue weighted by Crippen LogP contribution is 2.30. The Morgan fingerprint density at radius 1 is 1.29 bits per heavy atom. The smallest absolute Gasteiger partial charge is 0.231 e. The molecule has 128 valence electrons. The molecule has 1 aromatic carbocycles. The van der Waals surface area contributed by atoms with Gasteiger partial charge < -0.3 is 4.90 Å². The average Bonchev–Trinajstić information content (AvgIpc) is 3.05. The number of likely N-dealkylation sites (tertiary alicyclic amines) is 1. The summed E-state index contributed by atoms with van der Waals surface area (Å²) in [4.78, 5) is 32.8. The van der Waals surface area contributed by atoms with Crippen LogP contribution in [0.3, 0.4) is 0 Å². The van der Waals surface area contributed by atoms with Crippen LogP contribution in [0.1, 0.15) is 32.6 Å². The largest absolute Gasteiger partial charge is 0.343 e. The zero-order valence-corrected chi connectivity index (χ0v) is 15.0. The molecule has 0 atom stereocenters. The second-order valence-electron chi connectivity index (χ2n) is 6.27. The lowest BCUT2D eigenvalue weighted by molar-refractivity contribution is -0.134. The Hall–Kier alpha value is -1.95. The maximum atomic E-state index is 12.8. The quantitative estimate of drug-likeness (QED) is 0.854. The van der Waals surface area contributed by atoms with E-state index in [-0.39, 0.29) is 17.7 Å². The summed E-state index contributed by atoms with van der Waals surface area (Å²) in [5, 5.41) is 0.741. The molecule has 0 bridgehead atoms. The van der Waals surface area contributed by atoms with E-state index in [0.29, 0.717) is 19.5 Å². The van der Waals surface area contributed by atoms with E-state index in [1.807, 2.05) is 36.1 Å². The van der Waals surface area contributed by atoms with Crippen LogP contribution >= 0.6 is 11.3 Å². The number of carbonyl (C=O) groups excluding carboxylic acids is 2. The highest BCUT2D eigenvalue weighted by atomic mass is 32.1. The van der Waals surface area contributed by atoms with Gasteiger partial charge in [-0.25, -0.2) is 4.98 Å². The van der Waals surface area contributed by atoms with Crippen LogP contribution in [0.4, 0.5) is 5.13 Å². The zero-order valence-electron chi connectivity index (χ0n) is 14.2. The molecular formula is C18H23N3O2S. The number of aromatic nitrogens is 1. The number of fused-ring (bicyclic) bond motifs is 1. The number of carbonyl (C=O) groups is 2. The summed E-state index contributed by atoms with van der Waals surface area (Å²) in [6, 6.07) is 7.92. The molecule has 6 heteroatoms. The minimum Gasteiger partial charge on any atom is -0.343 e. The van der Waals surface area contributed by atoms with Gasteiger partial charge in [0.05, 0.1) is 10.2 Å². The van der Waals surface area contributed by atoms with Crippen molar-refractivity contribution in [1.29, 1.82) is 0 Å². The average molecular weight is 345 g/mol. The van der Waals surface area contributed by atoms with E-state index in [1.54, 1.807) is 11.9 Å². The van der Waals surface area contributed by atoms with E-state index < -0.39 is 0 Å². The van der Waals surface area contributed by atoms with Crippen molar-refractivity contribution >= 4 is 38.5 Å². The number of amides is 2. The summed E-state index contributed by atoms with van der Waals surface area (Å²) in [5.74, 6) is 0.298. The molecule has 0 unspecified atom stereocenters. The normalized spacial score (nSPS) is 15.7. The number of rotatable bonds is 4. The van der Waals surface area contributed by atoms with Gasteiger partial charge in [0.2, 0.25) is 11.8 Å². The summed E-state index contributed by atoms with van der Waals surface area (Å²) < 4.78 is 1.09. The molecule has 5 nitrogen and oxygen atoms in total. The minimum atomic E-state index is -0.0207. The lowest BCUT2D eigenvalue weighted by Gasteiger charge is -2.32. The number of thiazole rings is 1. The SMILES string of the molecule is CCCC(=O)N1CCC(C(=O)N(C)c2nc3ccccc3s2)CC1. The number of nitrogens with zero attached hydrogens (tertiary/aromatic N) is 3. The summed E-state index contributed by atoms with van der Waals surface area (Å²) in [7, 11) is 1.80. The van der Waals surface area contributed by atoms with E-state index in [9.17, 15) is 9.59 Å². The molecule has 3 rings (SSSR count). The maximum Gasteiger partial charge on any atom is 0.231 e. The first kappa shape index (κ1) is 16.9. The van der Waals surface area contributed by atoms with Crippen LogP contribution in [0.5, 0.6) is 0 Å². The van der Waals surface area contributed by atoms with Crippen molar-refractivity contribution < 1.29 is 9.59 Å². The molecule has 0 radical (unpaired) electrons. The molecule has 2 heterocycles. The minimum absolute atomic E-state index is 0.0207. The summed E-state index contributed by atoms with van der Waals surface area (Å²) in [6.07, 6.45) is 2.95. The van der Waals surface area contributed by atoms with Gasteiger partial charge in [0.25, 0.3) is 0 Å². The third kappa shape index (κ3) is 3.43. The van der Waals surface area contributed by atoms with Crippen molar-refractivity contribution in [2.45, 2.75) is 32.6 Å². The zero-order chi connectivity index (χ0) is 17.1. The molecule has 1 fully saturated rings. The lowest BCUT2D eigenvalue weighted by Crippen LogP contribution is -2.43.